The average Bonchev–Trinajstić information content (AvgIpc) is 2.33. The first kappa shape index (κ1) is 15.1. The van der Waals surface area contributed by atoms with E-state index in [9.17, 15) is 19.2 Å². The maximum absolute atomic E-state index is 12.1. The molecular weight excluding hydrogens is 344 g/mol. The van der Waals surface area contributed by atoms with Crippen molar-refractivity contribution in [3.8, 4) is 11.5 Å². The lowest BCUT2D eigenvalue weighted by Crippen LogP contribution is -2.18. The fraction of sp³-hybridized carbons (Fsp3) is 0.143. The smallest absolute Gasteiger partial charge is 0.308 e. The van der Waals surface area contributed by atoms with Crippen LogP contribution in [0.25, 0.3) is 0 Å². The molecule has 0 aromatic heterocycles. The van der Waals surface area contributed by atoms with E-state index in [1.165, 1.54) is 19.1 Å². The monoisotopic (exact) mass is 352 g/mol. The number of hydrogen-bond acceptors (Lipinski definition) is 6. The number of ketones is 2. The Balaban J connectivity index is 2.66. The van der Waals surface area contributed by atoms with Crippen molar-refractivity contribution >= 4 is 39.4 Å². The number of rotatable bonds is 2. The zero-order valence-corrected chi connectivity index (χ0v) is 12.6. The van der Waals surface area contributed by atoms with Crippen molar-refractivity contribution in [1.82, 2.24) is 0 Å². The predicted molar refractivity (Wildman–Crippen MR) is 74.7 cm³/mol. The summed E-state index contributed by atoms with van der Waals surface area (Å²) in [5.74, 6) is -2.32. The summed E-state index contributed by atoms with van der Waals surface area (Å²) in [5, 5.41) is 0. The lowest BCUT2D eigenvalue weighted by Gasteiger charge is -2.16. The molecule has 1 aromatic carbocycles. The van der Waals surface area contributed by atoms with Crippen LogP contribution in [0.1, 0.15) is 34.6 Å². The second kappa shape index (κ2) is 5.61. The highest BCUT2D eigenvalue weighted by Crippen LogP contribution is 2.35. The molecule has 0 fully saturated rings. The molecule has 0 radical (unpaired) electrons. The van der Waals surface area contributed by atoms with Gasteiger partial charge in [-0.15, -0.1) is 0 Å². The van der Waals surface area contributed by atoms with Gasteiger partial charge in [-0.2, -0.15) is 0 Å². The van der Waals surface area contributed by atoms with Crippen LogP contribution in [-0.2, 0) is 9.59 Å². The van der Waals surface area contributed by atoms with Crippen molar-refractivity contribution in [1.29, 1.82) is 0 Å². The van der Waals surface area contributed by atoms with Crippen LogP contribution in [0.2, 0.25) is 0 Å². The topological polar surface area (TPSA) is 86.7 Å². The second-order valence-electron chi connectivity index (χ2n) is 4.22. The Hall–Kier alpha value is -2.28. The minimum absolute atomic E-state index is 0.00405. The van der Waals surface area contributed by atoms with Gasteiger partial charge in [-0.1, -0.05) is 0 Å². The predicted octanol–water partition coefficient (Wildman–Crippen LogP) is 2.20. The number of allylic oxidation sites excluding steroid dienone is 2. The van der Waals surface area contributed by atoms with E-state index in [1.54, 1.807) is 0 Å². The van der Waals surface area contributed by atoms with Crippen LogP contribution in [0, 0.1) is 0 Å². The lowest BCUT2D eigenvalue weighted by atomic mass is 9.93. The molecule has 21 heavy (non-hydrogen) atoms. The molecule has 2 rings (SSSR count). The quantitative estimate of drug-likeness (QED) is 0.598. The van der Waals surface area contributed by atoms with Gasteiger partial charge in [-0.25, -0.2) is 0 Å². The summed E-state index contributed by atoms with van der Waals surface area (Å²) in [6, 6.07) is 2.48. The number of esters is 2. The number of benzene rings is 1. The zero-order valence-electron chi connectivity index (χ0n) is 11.1. The Kier molecular flexibility index (Phi) is 4.04. The van der Waals surface area contributed by atoms with Crippen LogP contribution in [0.15, 0.2) is 22.7 Å². The molecule has 0 bridgehead atoms. The van der Waals surface area contributed by atoms with Gasteiger partial charge < -0.3 is 9.47 Å². The van der Waals surface area contributed by atoms with E-state index in [0.29, 0.717) is 0 Å². The van der Waals surface area contributed by atoms with Gasteiger partial charge in [0.2, 0.25) is 5.78 Å². The van der Waals surface area contributed by atoms with Gasteiger partial charge in [-0.05, 0) is 22.0 Å². The lowest BCUT2D eigenvalue weighted by molar-refractivity contribution is -0.132. The fourth-order valence-electron chi connectivity index (χ4n) is 1.87. The molecule has 0 amide bonds. The summed E-state index contributed by atoms with van der Waals surface area (Å²) >= 11 is 2.99. The molecule has 108 valence electrons. The van der Waals surface area contributed by atoms with Gasteiger partial charge in [0.25, 0.3) is 0 Å². The molecule has 0 atom stereocenters. The molecule has 1 aliphatic rings. The van der Waals surface area contributed by atoms with Gasteiger partial charge in [0.05, 0.1) is 10.0 Å². The molecule has 0 saturated heterocycles. The first-order chi connectivity index (χ1) is 9.79. The minimum atomic E-state index is -0.661. The maximum atomic E-state index is 12.1. The number of Topliss-reactive ketones (excluding diaryl/α,β-unsaturated/α-hetero) is 1. The Morgan fingerprint density at radius 3 is 2.24 bits per heavy atom. The fourth-order valence-corrected chi connectivity index (χ4v) is 2.29. The van der Waals surface area contributed by atoms with E-state index < -0.39 is 23.5 Å². The molecule has 7 heteroatoms. The zero-order chi connectivity index (χ0) is 15.7. The third kappa shape index (κ3) is 3.08. The van der Waals surface area contributed by atoms with E-state index in [-0.39, 0.29) is 27.1 Å². The normalized spacial score (nSPS) is 13.4. The maximum Gasteiger partial charge on any atom is 0.308 e. The van der Waals surface area contributed by atoms with Gasteiger partial charge in [-0.3, -0.25) is 19.2 Å². The average molecular weight is 353 g/mol. The molecule has 6 nitrogen and oxygen atoms in total. The number of carbonyl (C=O) groups excluding carboxylic acids is 4. The first-order valence-corrected chi connectivity index (χ1v) is 6.60. The highest BCUT2D eigenvalue weighted by molar-refractivity contribution is 9.12. The Morgan fingerprint density at radius 1 is 1.05 bits per heavy atom. The minimum Gasteiger partial charge on any atom is -0.427 e. The van der Waals surface area contributed by atoms with E-state index in [2.05, 4.69) is 15.9 Å². The molecule has 0 unspecified atom stereocenters. The van der Waals surface area contributed by atoms with Gasteiger partial charge in [0.1, 0.15) is 11.5 Å². The molecule has 0 heterocycles. The number of hydrogen-bond donors (Lipinski definition) is 0. The summed E-state index contributed by atoms with van der Waals surface area (Å²) < 4.78 is 9.91. The third-order valence-corrected chi connectivity index (χ3v) is 3.15. The number of ether oxygens (including phenoxy) is 2. The highest BCUT2D eigenvalue weighted by Gasteiger charge is 2.29. The Bertz CT molecular complexity index is 716. The molecule has 0 N–H and O–H groups in total. The second-order valence-corrected chi connectivity index (χ2v) is 5.07. The summed E-state index contributed by atoms with van der Waals surface area (Å²) in [6.45, 7) is 2.35. The van der Waals surface area contributed by atoms with Gasteiger partial charge in [0, 0.05) is 31.6 Å². The van der Waals surface area contributed by atoms with Crippen molar-refractivity contribution in [2.24, 2.45) is 0 Å². The molecule has 0 spiro atoms. The van der Waals surface area contributed by atoms with Crippen molar-refractivity contribution < 1.29 is 28.7 Å². The summed E-state index contributed by atoms with van der Waals surface area (Å²) in [5.41, 5.74) is -0.0290. The van der Waals surface area contributed by atoms with E-state index in [1.807, 2.05) is 0 Å². The number of carbonyl (C=O) groups is 4. The molecule has 0 saturated carbocycles. The van der Waals surface area contributed by atoms with Crippen LogP contribution in [0.5, 0.6) is 11.5 Å². The number of fused-ring (bicyclic) bond motifs is 1. The van der Waals surface area contributed by atoms with Gasteiger partial charge in [0.15, 0.2) is 5.78 Å². The molecular formula is C14H9BrO6. The third-order valence-electron chi connectivity index (χ3n) is 2.56. The van der Waals surface area contributed by atoms with E-state index in [4.69, 9.17) is 9.47 Å². The Morgan fingerprint density at radius 2 is 1.67 bits per heavy atom. The standard InChI is InChI=1S/C14H9BrO6/c1-6(16)20-8-3-9-13(12(4-8)21-7(2)17)11(18)5-10(15)14(9)19/h3-5H,1-2H3. The SMILES string of the molecule is CC(=O)Oc1cc(OC(C)=O)c2c(c1)C(=O)C(Br)=CC2=O. The van der Waals surface area contributed by atoms with Crippen LogP contribution < -0.4 is 9.47 Å². The van der Waals surface area contributed by atoms with Crippen molar-refractivity contribution in [3.05, 3.63) is 33.8 Å². The molecule has 0 aliphatic heterocycles. The largest absolute Gasteiger partial charge is 0.427 e. The van der Waals surface area contributed by atoms with Crippen LogP contribution in [-0.4, -0.2) is 23.5 Å². The van der Waals surface area contributed by atoms with Crippen LogP contribution in [0.4, 0.5) is 0 Å². The molecule has 1 aliphatic carbocycles. The van der Waals surface area contributed by atoms with Crippen LogP contribution >= 0.6 is 15.9 Å². The van der Waals surface area contributed by atoms with Crippen molar-refractivity contribution in [2.45, 2.75) is 13.8 Å². The van der Waals surface area contributed by atoms with E-state index in [0.717, 1.165) is 13.0 Å². The molecule has 1 aromatic rings. The highest BCUT2D eigenvalue weighted by atomic mass is 79.9. The van der Waals surface area contributed by atoms with Crippen molar-refractivity contribution in [3.63, 3.8) is 0 Å². The van der Waals surface area contributed by atoms with Gasteiger partial charge >= 0.3 is 11.9 Å². The summed E-state index contributed by atoms with van der Waals surface area (Å²) in [7, 11) is 0. The summed E-state index contributed by atoms with van der Waals surface area (Å²) in [4.78, 5) is 46.3. The number of halogens is 1. The Labute approximate surface area is 127 Å². The van der Waals surface area contributed by atoms with Crippen LogP contribution in [0.3, 0.4) is 0 Å². The van der Waals surface area contributed by atoms with E-state index >= 15 is 0 Å². The van der Waals surface area contributed by atoms with Crippen molar-refractivity contribution in [2.75, 3.05) is 0 Å². The first-order valence-electron chi connectivity index (χ1n) is 5.80. The summed E-state index contributed by atoms with van der Waals surface area (Å²) in [6.07, 6.45) is 1.10.